The summed E-state index contributed by atoms with van der Waals surface area (Å²) in [4.78, 5) is 30.0. The Balaban J connectivity index is 1.43. The Kier molecular flexibility index (Phi) is 5.23. The molecule has 0 bridgehead atoms. The lowest BCUT2D eigenvalue weighted by molar-refractivity contribution is -0.152. The highest BCUT2D eigenvalue weighted by atomic mass is 32.1. The summed E-state index contributed by atoms with van der Waals surface area (Å²) in [6.45, 7) is 1.42. The number of likely N-dealkylation sites (tertiary alicyclic amines) is 1. The number of carbonyl (C=O) groups is 2. The molecule has 6 heteroatoms. The standard InChI is InChI=1S/C17H20N2O3S/c20-16(19-10-4-1-5-11-19)12-22-17(21)9-8-15-18-13-6-2-3-7-14(13)23-15/h2-3,6-7H,1,4-5,8-12H2. The second-order valence-electron chi connectivity index (χ2n) is 5.68. The van der Waals surface area contributed by atoms with Crippen molar-refractivity contribution in [3.05, 3.63) is 29.3 Å². The molecule has 3 rings (SSSR count). The van der Waals surface area contributed by atoms with Crippen LogP contribution < -0.4 is 0 Å². The number of benzene rings is 1. The summed E-state index contributed by atoms with van der Waals surface area (Å²) in [5.74, 6) is -0.423. The molecule has 2 heterocycles. The van der Waals surface area contributed by atoms with Crippen molar-refractivity contribution in [2.75, 3.05) is 19.7 Å². The zero-order valence-corrected chi connectivity index (χ0v) is 13.8. The Morgan fingerprint density at radius 3 is 2.74 bits per heavy atom. The summed E-state index contributed by atoms with van der Waals surface area (Å²) in [5, 5.41) is 0.922. The highest BCUT2D eigenvalue weighted by Gasteiger charge is 2.18. The molecule has 0 saturated carbocycles. The number of para-hydroxylation sites is 1. The predicted molar refractivity (Wildman–Crippen MR) is 89.3 cm³/mol. The van der Waals surface area contributed by atoms with Gasteiger partial charge in [0.05, 0.1) is 21.6 Å². The van der Waals surface area contributed by atoms with Gasteiger partial charge < -0.3 is 9.64 Å². The maximum Gasteiger partial charge on any atom is 0.306 e. The topological polar surface area (TPSA) is 59.5 Å². The van der Waals surface area contributed by atoms with Crippen molar-refractivity contribution in [1.29, 1.82) is 0 Å². The number of fused-ring (bicyclic) bond motifs is 1. The minimum Gasteiger partial charge on any atom is -0.456 e. The monoisotopic (exact) mass is 332 g/mol. The van der Waals surface area contributed by atoms with Crippen LogP contribution in [-0.4, -0.2) is 41.5 Å². The molecule has 23 heavy (non-hydrogen) atoms. The van der Waals surface area contributed by atoms with Gasteiger partial charge in [-0.1, -0.05) is 12.1 Å². The summed E-state index contributed by atoms with van der Waals surface area (Å²) in [7, 11) is 0. The van der Waals surface area contributed by atoms with Crippen LogP contribution in [0.25, 0.3) is 10.2 Å². The van der Waals surface area contributed by atoms with E-state index in [1.807, 2.05) is 24.3 Å². The maximum absolute atomic E-state index is 11.9. The Bertz CT molecular complexity index is 659. The first-order chi connectivity index (χ1) is 11.2. The van der Waals surface area contributed by atoms with Gasteiger partial charge in [0.25, 0.3) is 5.91 Å². The molecule has 2 aromatic rings. The summed E-state index contributed by atoms with van der Waals surface area (Å²) in [6.07, 6.45) is 4.06. The number of amides is 1. The molecule has 1 aliphatic rings. The van der Waals surface area contributed by atoms with Crippen LogP contribution in [0.5, 0.6) is 0 Å². The normalized spacial score (nSPS) is 14.9. The molecule has 0 spiro atoms. The molecule has 1 fully saturated rings. The van der Waals surface area contributed by atoms with Crippen molar-refractivity contribution in [2.24, 2.45) is 0 Å². The molecule has 1 saturated heterocycles. The van der Waals surface area contributed by atoms with E-state index in [9.17, 15) is 9.59 Å². The first-order valence-electron chi connectivity index (χ1n) is 8.00. The molecular weight excluding hydrogens is 312 g/mol. The van der Waals surface area contributed by atoms with Gasteiger partial charge in [0.2, 0.25) is 0 Å². The second kappa shape index (κ2) is 7.55. The summed E-state index contributed by atoms with van der Waals surface area (Å²) in [5.41, 5.74) is 0.959. The lowest BCUT2D eigenvalue weighted by Gasteiger charge is -2.26. The maximum atomic E-state index is 11.9. The highest BCUT2D eigenvalue weighted by Crippen LogP contribution is 2.22. The Morgan fingerprint density at radius 1 is 1.17 bits per heavy atom. The molecule has 0 N–H and O–H groups in total. The van der Waals surface area contributed by atoms with Crippen LogP contribution in [0.4, 0.5) is 0 Å². The number of aromatic nitrogens is 1. The SMILES string of the molecule is O=C(CCc1nc2ccccc2s1)OCC(=O)N1CCCCC1. The van der Waals surface area contributed by atoms with Crippen molar-refractivity contribution in [1.82, 2.24) is 9.88 Å². The number of ether oxygens (including phenoxy) is 1. The predicted octanol–water partition coefficient (Wildman–Crippen LogP) is 2.78. The molecular formula is C17H20N2O3S. The molecule has 5 nitrogen and oxygen atoms in total. The first-order valence-corrected chi connectivity index (χ1v) is 8.82. The van der Waals surface area contributed by atoms with Crippen molar-refractivity contribution in [2.45, 2.75) is 32.1 Å². The van der Waals surface area contributed by atoms with Gasteiger partial charge in [-0.05, 0) is 31.4 Å². The zero-order chi connectivity index (χ0) is 16.1. The van der Waals surface area contributed by atoms with Gasteiger partial charge in [0, 0.05) is 19.5 Å². The Hall–Kier alpha value is -1.95. The Labute approximate surface area is 139 Å². The van der Waals surface area contributed by atoms with Crippen LogP contribution in [0, 0.1) is 0 Å². The number of aryl methyl sites for hydroxylation is 1. The second-order valence-corrected chi connectivity index (χ2v) is 6.79. The van der Waals surface area contributed by atoms with Gasteiger partial charge in [-0.3, -0.25) is 9.59 Å². The lowest BCUT2D eigenvalue weighted by Crippen LogP contribution is -2.38. The van der Waals surface area contributed by atoms with E-state index in [-0.39, 0.29) is 24.9 Å². The van der Waals surface area contributed by atoms with Crippen LogP contribution in [0.1, 0.15) is 30.7 Å². The Morgan fingerprint density at radius 2 is 1.96 bits per heavy atom. The third-order valence-corrected chi connectivity index (χ3v) is 5.04. The van der Waals surface area contributed by atoms with Crippen molar-refractivity contribution in [3.63, 3.8) is 0 Å². The summed E-state index contributed by atoms with van der Waals surface area (Å²) < 4.78 is 6.22. The first kappa shape index (κ1) is 15.9. The van der Waals surface area contributed by atoms with Crippen molar-refractivity contribution >= 4 is 33.4 Å². The lowest BCUT2D eigenvalue weighted by atomic mass is 10.1. The van der Waals surface area contributed by atoms with Crippen LogP contribution in [0.15, 0.2) is 24.3 Å². The van der Waals surface area contributed by atoms with E-state index in [2.05, 4.69) is 4.98 Å². The number of esters is 1. The number of hydrogen-bond acceptors (Lipinski definition) is 5. The van der Waals surface area contributed by atoms with Gasteiger partial charge in [-0.15, -0.1) is 11.3 Å². The molecule has 0 unspecified atom stereocenters. The fourth-order valence-electron chi connectivity index (χ4n) is 2.68. The smallest absolute Gasteiger partial charge is 0.306 e. The third kappa shape index (κ3) is 4.28. The average molecular weight is 332 g/mol. The minimum absolute atomic E-state index is 0.0852. The quantitative estimate of drug-likeness (QED) is 0.790. The number of thiazole rings is 1. The van der Waals surface area contributed by atoms with Crippen molar-refractivity contribution < 1.29 is 14.3 Å². The largest absolute Gasteiger partial charge is 0.456 e. The highest BCUT2D eigenvalue weighted by molar-refractivity contribution is 7.18. The van der Waals surface area contributed by atoms with Crippen molar-refractivity contribution in [3.8, 4) is 0 Å². The molecule has 0 atom stereocenters. The molecule has 0 radical (unpaired) electrons. The van der Waals surface area contributed by atoms with E-state index < -0.39 is 0 Å². The number of hydrogen-bond donors (Lipinski definition) is 0. The number of nitrogens with zero attached hydrogens (tertiary/aromatic N) is 2. The zero-order valence-electron chi connectivity index (χ0n) is 13.0. The summed E-state index contributed by atoms with van der Waals surface area (Å²) in [6, 6.07) is 7.91. The van der Waals surface area contributed by atoms with E-state index in [0.29, 0.717) is 6.42 Å². The number of carbonyl (C=O) groups excluding carboxylic acids is 2. The van der Waals surface area contributed by atoms with E-state index in [4.69, 9.17) is 4.74 Å². The third-order valence-electron chi connectivity index (χ3n) is 3.95. The van der Waals surface area contributed by atoms with E-state index >= 15 is 0 Å². The fraction of sp³-hybridized carbons (Fsp3) is 0.471. The van der Waals surface area contributed by atoms with Gasteiger partial charge in [0.1, 0.15) is 0 Å². The van der Waals surface area contributed by atoms with E-state index in [1.165, 1.54) is 6.42 Å². The molecule has 122 valence electrons. The van der Waals surface area contributed by atoms with E-state index in [1.54, 1.807) is 16.2 Å². The number of piperidine rings is 1. The van der Waals surface area contributed by atoms with Crippen LogP contribution in [0.2, 0.25) is 0 Å². The number of rotatable bonds is 5. The molecule has 1 aliphatic heterocycles. The van der Waals surface area contributed by atoms with Gasteiger partial charge in [0.15, 0.2) is 6.61 Å². The van der Waals surface area contributed by atoms with Crippen LogP contribution in [0.3, 0.4) is 0 Å². The molecule has 1 aromatic heterocycles. The average Bonchev–Trinajstić information content (AvgIpc) is 3.01. The van der Waals surface area contributed by atoms with E-state index in [0.717, 1.165) is 41.2 Å². The van der Waals surface area contributed by atoms with Crippen LogP contribution >= 0.6 is 11.3 Å². The van der Waals surface area contributed by atoms with Gasteiger partial charge in [-0.2, -0.15) is 0 Å². The fourth-order valence-corrected chi connectivity index (χ4v) is 3.65. The van der Waals surface area contributed by atoms with Gasteiger partial charge in [-0.25, -0.2) is 4.98 Å². The van der Waals surface area contributed by atoms with Crippen LogP contribution in [-0.2, 0) is 20.7 Å². The summed E-state index contributed by atoms with van der Waals surface area (Å²) >= 11 is 1.59. The molecule has 1 amide bonds. The minimum atomic E-state index is -0.338. The molecule has 0 aliphatic carbocycles. The molecule has 1 aromatic carbocycles. The van der Waals surface area contributed by atoms with Gasteiger partial charge >= 0.3 is 5.97 Å².